The molecule has 1 aliphatic rings. The molecule has 1 aromatic heterocycles. The first-order valence-electron chi connectivity index (χ1n) is 8.99. The van der Waals surface area contributed by atoms with Crippen molar-refractivity contribution in [2.75, 3.05) is 0 Å². The van der Waals surface area contributed by atoms with Gasteiger partial charge in [0.1, 0.15) is 17.2 Å². The molecule has 1 aliphatic heterocycles. The van der Waals surface area contributed by atoms with Crippen LogP contribution in [0.4, 0.5) is 9.18 Å². The second-order valence-electron chi connectivity index (χ2n) is 6.98. The second kappa shape index (κ2) is 7.00. The highest BCUT2D eigenvalue weighted by Gasteiger charge is 2.49. The monoisotopic (exact) mass is 434 g/mol. The Labute approximate surface area is 176 Å². The number of nitrogens with zero attached hydrogens (tertiary/aromatic N) is 3. The minimum Gasteiger partial charge on any atom is -0.327 e. The summed E-state index contributed by atoms with van der Waals surface area (Å²) in [5.41, 5.74) is 0.462. The van der Waals surface area contributed by atoms with E-state index in [4.69, 9.17) is 23.2 Å². The average Bonchev–Trinajstić information content (AvgIpc) is 3.13. The maximum Gasteiger partial charge on any atom is 0.325 e. The third-order valence-electron chi connectivity index (χ3n) is 5.18. The number of fused-ring (bicyclic) bond motifs is 1. The van der Waals surface area contributed by atoms with Crippen molar-refractivity contribution < 1.29 is 14.0 Å². The lowest BCUT2D eigenvalue weighted by atomic mass is 9.92. The molecule has 150 valence electrons. The van der Waals surface area contributed by atoms with E-state index in [1.165, 1.54) is 12.1 Å². The Bertz CT molecular complexity index is 1160. The van der Waals surface area contributed by atoms with E-state index in [-0.39, 0.29) is 6.54 Å². The Morgan fingerprint density at radius 2 is 1.90 bits per heavy atom. The lowest BCUT2D eigenvalue weighted by Gasteiger charge is -2.22. The fourth-order valence-corrected chi connectivity index (χ4v) is 3.91. The predicted octanol–water partition coefficient (Wildman–Crippen LogP) is 4.47. The van der Waals surface area contributed by atoms with Gasteiger partial charge in [-0.05, 0) is 43.7 Å². The molecule has 0 aliphatic carbocycles. The number of nitrogens with one attached hydrogen (secondary N) is 1. The highest BCUT2D eigenvalue weighted by molar-refractivity contribution is 6.42. The smallest absolute Gasteiger partial charge is 0.325 e. The molecule has 1 fully saturated rings. The van der Waals surface area contributed by atoms with Crippen molar-refractivity contribution in [1.29, 1.82) is 0 Å². The van der Waals surface area contributed by atoms with Crippen LogP contribution in [0, 0.1) is 5.82 Å². The number of rotatable bonds is 4. The van der Waals surface area contributed by atoms with Gasteiger partial charge in [-0.1, -0.05) is 29.3 Å². The van der Waals surface area contributed by atoms with Gasteiger partial charge in [-0.15, -0.1) is 0 Å². The molecule has 3 amide bonds. The van der Waals surface area contributed by atoms with Crippen LogP contribution in [0.25, 0.3) is 11.0 Å². The summed E-state index contributed by atoms with van der Waals surface area (Å²) in [4.78, 5) is 31.4. The summed E-state index contributed by atoms with van der Waals surface area (Å²) in [5.74, 6) is -0.330. The summed E-state index contributed by atoms with van der Waals surface area (Å²) in [7, 11) is 0. The Morgan fingerprint density at radius 1 is 1.14 bits per heavy atom. The molecule has 1 N–H and O–H groups in total. The Kier molecular flexibility index (Phi) is 4.75. The number of aromatic nitrogens is 2. The quantitative estimate of drug-likeness (QED) is 0.615. The number of carbonyl (C=O) groups excluding carboxylic acids is 2. The molecule has 0 bridgehead atoms. The van der Waals surface area contributed by atoms with E-state index >= 15 is 0 Å². The summed E-state index contributed by atoms with van der Waals surface area (Å²) < 4.78 is 15.4. The highest BCUT2D eigenvalue weighted by atomic mass is 35.5. The fraction of sp³-hybridized carbons (Fsp3) is 0.250. The molecule has 3 aromatic rings. The van der Waals surface area contributed by atoms with Crippen LogP contribution in [0.2, 0.25) is 10.0 Å². The number of halogens is 3. The van der Waals surface area contributed by atoms with Crippen molar-refractivity contribution in [3.8, 4) is 0 Å². The zero-order valence-corrected chi connectivity index (χ0v) is 17.2. The predicted molar refractivity (Wildman–Crippen MR) is 108 cm³/mol. The molecule has 1 unspecified atom stereocenters. The number of imide groups is 1. The van der Waals surface area contributed by atoms with Crippen molar-refractivity contribution in [1.82, 2.24) is 19.8 Å². The standard InChI is InChI=1S/C20H17Cl2FN4O2/c1-3-26-16-7-5-12(23)9-15(16)24-17(26)10-27-18(28)20(2,25-19(27)29)11-4-6-13(21)14(22)8-11/h4-9H,3,10H2,1-2H3,(H,25,29). The largest absolute Gasteiger partial charge is 0.327 e. The first-order valence-corrected chi connectivity index (χ1v) is 9.74. The number of aryl methyl sites for hydroxylation is 1. The van der Waals surface area contributed by atoms with Gasteiger partial charge in [-0.25, -0.2) is 14.2 Å². The number of hydrogen-bond acceptors (Lipinski definition) is 3. The van der Waals surface area contributed by atoms with Crippen molar-refractivity contribution in [3.05, 3.63) is 63.6 Å². The van der Waals surface area contributed by atoms with Crippen LogP contribution in [-0.2, 0) is 23.4 Å². The van der Waals surface area contributed by atoms with E-state index in [0.29, 0.717) is 33.5 Å². The highest BCUT2D eigenvalue weighted by Crippen LogP contribution is 2.33. The van der Waals surface area contributed by atoms with E-state index < -0.39 is 23.3 Å². The summed E-state index contributed by atoms with van der Waals surface area (Å²) in [6.45, 7) is 4.06. The number of hydrogen-bond donors (Lipinski definition) is 1. The molecule has 0 spiro atoms. The van der Waals surface area contributed by atoms with Gasteiger partial charge in [0, 0.05) is 12.6 Å². The van der Waals surface area contributed by atoms with E-state index in [9.17, 15) is 14.0 Å². The summed E-state index contributed by atoms with van der Waals surface area (Å²) in [5, 5.41) is 3.38. The Hall–Kier alpha value is -2.64. The Balaban J connectivity index is 1.70. The SMILES string of the molecule is CCn1c(CN2C(=O)NC(C)(c3ccc(Cl)c(Cl)c3)C2=O)nc2cc(F)ccc21. The molecule has 2 aromatic carbocycles. The number of amides is 3. The molecule has 9 heteroatoms. The normalized spacial score (nSPS) is 19.3. The van der Waals surface area contributed by atoms with E-state index in [2.05, 4.69) is 10.3 Å². The maximum atomic E-state index is 13.6. The molecule has 2 heterocycles. The number of carbonyl (C=O) groups is 2. The van der Waals surface area contributed by atoms with Gasteiger partial charge in [0.2, 0.25) is 0 Å². The van der Waals surface area contributed by atoms with Gasteiger partial charge < -0.3 is 9.88 Å². The molecule has 1 atom stereocenters. The fourth-order valence-electron chi connectivity index (χ4n) is 3.61. The molecular formula is C20H17Cl2FN4O2. The van der Waals surface area contributed by atoms with Crippen molar-refractivity contribution in [3.63, 3.8) is 0 Å². The lowest BCUT2D eigenvalue weighted by molar-refractivity contribution is -0.131. The van der Waals surface area contributed by atoms with Gasteiger partial charge in [-0.2, -0.15) is 0 Å². The van der Waals surface area contributed by atoms with Gasteiger partial charge >= 0.3 is 6.03 Å². The molecule has 0 saturated carbocycles. The van der Waals surface area contributed by atoms with Gasteiger partial charge in [0.25, 0.3) is 5.91 Å². The molecular weight excluding hydrogens is 418 g/mol. The average molecular weight is 435 g/mol. The van der Waals surface area contributed by atoms with Crippen LogP contribution in [0.15, 0.2) is 36.4 Å². The van der Waals surface area contributed by atoms with Crippen LogP contribution in [0.1, 0.15) is 25.2 Å². The van der Waals surface area contributed by atoms with Crippen LogP contribution in [-0.4, -0.2) is 26.4 Å². The van der Waals surface area contributed by atoms with Crippen LogP contribution >= 0.6 is 23.2 Å². The summed E-state index contributed by atoms with van der Waals surface area (Å²) in [6, 6.07) is 8.58. The minimum atomic E-state index is -1.28. The van der Waals surface area contributed by atoms with Gasteiger partial charge in [-0.3, -0.25) is 9.69 Å². The van der Waals surface area contributed by atoms with Crippen molar-refractivity contribution in [2.45, 2.75) is 32.5 Å². The van der Waals surface area contributed by atoms with E-state index in [1.54, 1.807) is 31.2 Å². The third kappa shape index (κ3) is 3.14. The number of benzene rings is 2. The summed E-state index contributed by atoms with van der Waals surface area (Å²) >= 11 is 12.1. The molecule has 6 nitrogen and oxygen atoms in total. The van der Waals surface area contributed by atoms with Crippen LogP contribution in [0.3, 0.4) is 0 Å². The van der Waals surface area contributed by atoms with Crippen LogP contribution < -0.4 is 5.32 Å². The van der Waals surface area contributed by atoms with Crippen molar-refractivity contribution in [2.24, 2.45) is 0 Å². The first kappa shape index (κ1) is 19.7. The second-order valence-corrected chi connectivity index (χ2v) is 7.80. The third-order valence-corrected chi connectivity index (χ3v) is 5.92. The van der Waals surface area contributed by atoms with Crippen molar-refractivity contribution >= 4 is 46.2 Å². The minimum absolute atomic E-state index is 0.0360. The first-order chi connectivity index (χ1) is 13.7. The van der Waals surface area contributed by atoms with Gasteiger partial charge in [0.15, 0.2) is 0 Å². The topological polar surface area (TPSA) is 67.2 Å². The van der Waals surface area contributed by atoms with E-state index in [0.717, 1.165) is 10.4 Å². The zero-order valence-electron chi connectivity index (χ0n) is 15.7. The van der Waals surface area contributed by atoms with E-state index in [1.807, 2.05) is 11.5 Å². The molecule has 29 heavy (non-hydrogen) atoms. The van der Waals surface area contributed by atoms with Crippen LogP contribution in [0.5, 0.6) is 0 Å². The molecule has 0 radical (unpaired) electrons. The lowest BCUT2D eigenvalue weighted by Crippen LogP contribution is -2.40. The molecule has 1 saturated heterocycles. The zero-order chi connectivity index (χ0) is 20.9. The Morgan fingerprint density at radius 3 is 2.59 bits per heavy atom. The maximum absolute atomic E-state index is 13.6. The van der Waals surface area contributed by atoms with Gasteiger partial charge in [0.05, 0.1) is 27.6 Å². The number of imidazole rings is 1. The number of urea groups is 1. The summed E-state index contributed by atoms with van der Waals surface area (Å²) in [6.07, 6.45) is 0. The molecule has 4 rings (SSSR count).